The SMILES string of the molecule is CON=CC(=O)N(C)c1ccccc1CO. The first-order chi connectivity index (χ1) is 7.70. The van der Waals surface area contributed by atoms with Gasteiger partial charge in [-0.05, 0) is 6.07 Å². The molecule has 0 saturated carbocycles. The van der Waals surface area contributed by atoms with E-state index in [0.717, 1.165) is 6.21 Å². The summed E-state index contributed by atoms with van der Waals surface area (Å²) in [4.78, 5) is 17.4. The Labute approximate surface area is 93.9 Å². The number of rotatable bonds is 4. The van der Waals surface area contributed by atoms with Gasteiger partial charge in [0.2, 0.25) is 0 Å². The number of aliphatic hydroxyl groups is 1. The third-order valence-corrected chi connectivity index (χ3v) is 2.12. The molecule has 1 N–H and O–H groups in total. The molecule has 0 saturated heterocycles. The predicted octanol–water partition coefficient (Wildman–Crippen LogP) is 0.774. The van der Waals surface area contributed by atoms with Gasteiger partial charge in [0, 0.05) is 18.3 Å². The Morgan fingerprint density at radius 2 is 2.25 bits per heavy atom. The van der Waals surface area contributed by atoms with Gasteiger partial charge in [-0.25, -0.2) is 0 Å². The van der Waals surface area contributed by atoms with Crippen molar-refractivity contribution in [3.63, 3.8) is 0 Å². The molecule has 0 fully saturated rings. The Hall–Kier alpha value is -1.88. The molecule has 0 atom stereocenters. The molecule has 0 heterocycles. The topological polar surface area (TPSA) is 62.1 Å². The highest BCUT2D eigenvalue weighted by Crippen LogP contribution is 2.18. The summed E-state index contributed by atoms with van der Waals surface area (Å²) in [5.41, 5.74) is 1.33. The first-order valence-corrected chi connectivity index (χ1v) is 4.73. The van der Waals surface area contributed by atoms with E-state index < -0.39 is 0 Å². The van der Waals surface area contributed by atoms with Gasteiger partial charge in [0.1, 0.15) is 13.3 Å². The van der Waals surface area contributed by atoms with Gasteiger partial charge in [-0.1, -0.05) is 23.4 Å². The number of carbonyl (C=O) groups is 1. The number of nitrogens with zero attached hydrogens (tertiary/aromatic N) is 2. The minimum Gasteiger partial charge on any atom is -0.399 e. The standard InChI is InChI=1S/C11H14N2O3/c1-13(11(15)7-12-16-2)10-6-4-3-5-9(10)8-14/h3-7,14H,8H2,1-2H3. The van der Waals surface area contributed by atoms with Crippen molar-refractivity contribution in [3.05, 3.63) is 29.8 Å². The van der Waals surface area contributed by atoms with Crippen LogP contribution in [0.1, 0.15) is 5.56 Å². The normalized spacial score (nSPS) is 10.4. The summed E-state index contributed by atoms with van der Waals surface area (Å²) in [5.74, 6) is -0.317. The van der Waals surface area contributed by atoms with Crippen molar-refractivity contribution in [3.8, 4) is 0 Å². The lowest BCUT2D eigenvalue weighted by Gasteiger charge is -2.17. The van der Waals surface area contributed by atoms with Crippen molar-refractivity contribution in [2.45, 2.75) is 6.61 Å². The molecule has 1 aromatic carbocycles. The monoisotopic (exact) mass is 222 g/mol. The maximum atomic E-state index is 11.6. The maximum absolute atomic E-state index is 11.6. The number of hydrogen-bond donors (Lipinski definition) is 1. The molecule has 0 spiro atoms. The Morgan fingerprint density at radius 3 is 2.88 bits per heavy atom. The number of hydrogen-bond acceptors (Lipinski definition) is 4. The van der Waals surface area contributed by atoms with Gasteiger partial charge in [0.25, 0.3) is 5.91 Å². The van der Waals surface area contributed by atoms with Crippen molar-refractivity contribution in [2.24, 2.45) is 5.16 Å². The molecule has 0 aliphatic rings. The number of oxime groups is 1. The Morgan fingerprint density at radius 1 is 1.56 bits per heavy atom. The largest absolute Gasteiger partial charge is 0.399 e. The Kier molecular flexibility index (Phi) is 4.47. The lowest BCUT2D eigenvalue weighted by molar-refractivity contribution is -0.112. The molecule has 0 unspecified atom stereocenters. The van der Waals surface area contributed by atoms with E-state index in [2.05, 4.69) is 9.99 Å². The van der Waals surface area contributed by atoms with Crippen molar-refractivity contribution in [2.75, 3.05) is 19.1 Å². The molecule has 86 valence electrons. The molecule has 1 amide bonds. The van der Waals surface area contributed by atoms with Crippen LogP contribution in [0.25, 0.3) is 0 Å². The van der Waals surface area contributed by atoms with Gasteiger partial charge < -0.3 is 14.8 Å². The van der Waals surface area contributed by atoms with Crippen molar-refractivity contribution in [1.82, 2.24) is 0 Å². The summed E-state index contributed by atoms with van der Waals surface area (Å²) in [6, 6.07) is 7.11. The molecule has 0 aliphatic heterocycles. The molecule has 1 aromatic rings. The van der Waals surface area contributed by atoms with Crippen LogP contribution in [0.2, 0.25) is 0 Å². The highest BCUT2D eigenvalue weighted by Gasteiger charge is 2.11. The third kappa shape index (κ3) is 2.80. The Balaban J connectivity index is 2.91. The zero-order valence-electron chi connectivity index (χ0n) is 9.25. The first-order valence-electron chi connectivity index (χ1n) is 4.73. The van der Waals surface area contributed by atoms with Gasteiger partial charge in [-0.2, -0.15) is 0 Å². The van der Waals surface area contributed by atoms with Crippen LogP contribution < -0.4 is 4.90 Å². The average Bonchev–Trinajstić information content (AvgIpc) is 2.34. The summed E-state index contributed by atoms with van der Waals surface area (Å²) in [6.45, 7) is -0.116. The average molecular weight is 222 g/mol. The van der Waals surface area contributed by atoms with Crippen LogP contribution in [-0.2, 0) is 16.2 Å². The smallest absolute Gasteiger partial charge is 0.272 e. The van der Waals surface area contributed by atoms with Gasteiger partial charge in [0.05, 0.1) is 6.61 Å². The third-order valence-electron chi connectivity index (χ3n) is 2.12. The number of carbonyl (C=O) groups excluding carboxylic acids is 1. The lowest BCUT2D eigenvalue weighted by Crippen LogP contribution is -2.28. The quantitative estimate of drug-likeness (QED) is 0.604. The van der Waals surface area contributed by atoms with E-state index in [1.807, 2.05) is 0 Å². The minimum absolute atomic E-state index is 0.116. The van der Waals surface area contributed by atoms with E-state index in [1.54, 1.807) is 31.3 Å². The van der Waals surface area contributed by atoms with Crippen molar-refractivity contribution >= 4 is 17.8 Å². The van der Waals surface area contributed by atoms with Crippen LogP contribution in [-0.4, -0.2) is 31.4 Å². The van der Waals surface area contributed by atoms with Gasteiger partial charge >= 0.3 is 0 Å². The Bertz CT molecular complexity index is 391. The van der Waals surface area contributed by atoms with Crippen LogP contribution in [0.3, 0.4) is 0 Å². The molecule has 0 aromatic heterocycles. The highest BCUT2D eigenvalue weighted by molar-refractivity contribution is 6.32. The van der Waals surface area contributed by atoms with Crippen LogP contribution >= 0.6 is 0 Å². The lowest BCUT2D eigenvalue weighted by atomic mass is 10.1. The van der Waals surface area contributed by atoms with E-state index in [0.29, 0.717) is 11.3 Å². The number of benzene rings is 1. The second kappa shape index (κ2) is 5.87. The zero-order chi connectivity index (χ0) is 12.0. The van der Waals surface area contributed by atoms with Crippen LogP contribution in [0.15, 0.2) is 29.4 Å². The fourth-order valence-corrected chi connectivity index (χ4v) is 1.27. The van der Waals surface area contributed by atoms with Gasteiger partial charge in [-0.15, -0.1) is 0 Å². The van der Waals surface area contributed by atoms with E-state index in [-0.39, 0.29) is 12.5 Å². The molecule has 5 nitrogen and oxygen atoms in total. The second-order valence-electron chi connectivity index (χ2n) is 3.10. The highest BCUT2D eigenvalue weighted by atomic mass is 16.6. The molecular formula is C11H14N2O3. The number of para-hydroxylation sites is 1. The van der Waals surface area contributed by atoms with E-state index in [1.165, 1.54) is 12.0 Å². The van der Waals surface area contributed by atoms with Crippen LogP contribution in [0, 0.1) is 0 Å². The predicted molar refractivity (Wildman–Crippen MR) is 61.3 cm³/mol. The number of aliphatic hydroxyl groups excluding tert-OH is 1. The van der Waals surface area contributed by atoms with E-state index in [4.69, 9.17) is 5.11 Å². The summed E-state index contributed by atoms with van der Waals surface area (Å²) < 4.78 is 0. The summed E-state index contributed by atoms with van der Waals surface area (Å²) >= 11 is 0. The van der Waals surface area contributed by atoms with Crippen LogP contribution in [0.5, 0.6) is 0 Å². The summed E-state index contributed by atoms with van der Waals surface area (Å²) in [7, 11) is 2.98. The second-order valence-corrected chi connectivity index (χ2v) is 3.10. The molecule has 5 heteroatoms. The van der Waals surface area contributed by atoms with Gasteiger partial charge in [0.15, 0.2) is 0 Å². The fourth-order valence-electron chi connectivity index (χ4n) is 1.27. The van der Waals surface area contributed by atoms with Crippen molar-refractivity contribution < 1.29 is 14.7 Å². The maximum Gasteiger partial charge on any atom is 0.272 e. The van der Waals surface area contributed by atoms with Crippen LogP contribution in [0.4, 0.5) is 5.69 Å². The van der Waals surface area contributed by atoms with Crippen molar-refractivity contribution in [1.29, 1.82) is 0 Å². The zero-order valence-corrected chi connectivity index (χ0v) is 9.25. The summed E-state index contributed by atoms with van der Waals surface area (Å²) in [5, 5.41) is 12.5. The first kappa shape index (κ1) is 12.2. The molecule has 0 radical (unpaired) electrons. The van der Waals surface area contributed by atoms with E-state index >= 15 is 0 Å². The molecular weight excluding hydrogens is 208 g/mol. The number of amides is 1. The van der Waals surface area contributed by atoms with E-state index in [9.17, 15) is 4.79 Å². The number of anilines is 1. The minimum atomic E-state index is -0.317. The summed E-state index contributed by atoms with van der Waals surface area (Å²) in [6.07, 6.45) is 1.08. The fraction of sp³-hybridized carbons (Fsp3) is 0.273. The molecule has 16 heavy (non-hydrogen) atoms. The van der Waals surface area contributed by atoms with Gasteiger partial charge in [-0.3, -0.25) is 4.79 Å². The molecule has 1 rings (SSSR count). The molecule has 0 aliphatic carbocycles. The molecule has 0 bridgehead atoms.